The molecule has 170 valence electrons. The second-order valence-electron chi connectivity index (χ2n) is 7.30. The number of hydrogen-bond acceptors (Lipinski definition) is 7. The molecule has 0 spiro atoms. The monoisotopic (exact) mass is 460 g/mol. The maximum atomic E-state index is 13.4. The average molecular weight is 461 g/mol. The van der Waals surface area contributed by atoms with E-state index in [1.807, 2.05) is 0 Å². The number of para-hydroxylation sites is 1. The number of rotatable bonds is 6. The molecule has 9 nitrogen and oxygen atoms in total. The van der Waals surface area contributed by atoms with Gasteiger partial charge < -0.3 is 14.4 Å². The van der Waals surface area contributed by atoms with Crippen molar-refractivity contribution in [3.63, 3.8) is 0 Å². The van der Waals surface area contributed by atoms with Crippen LogP contribution in [0.15, 0.2) is 41.3 Å². The molecule has 1 aliphatic heterocycles. The van der Waals surface area contributed by atoms with E-state index < -0.39 is 26.9 Å². The predicted molar refractivity (Wildman–Crippen MR) is 116 cm³/mol. The lowest BCUT2D eigenvalue weighted by Gasteiger charge is -2.20. The van der Waals surface area contributed by atoms with Crippen molar-refractivity contribution < 1.29 is 32.3 Å². The first-order valence-electron chi connectivity index (χ1n) is 9.92. The number of hydrogen-bond donors (Lipinski definition) is 1. The lowest BCUT2D eigenvalue weighted by molar-refractivity contribution is 0.0583. The summed E-state index contributed by atoms with van der Waals surface area (Å²) in [7, 11) is -2.12. The summed E-state index contributed by atoms with van der Waals surface area (Å²) >= 11 is 0. The zero-order valence-corrected chi connectivity index (χ0v) is 18.8. The number of benzene rings is 2. The van der Waals surface area contributed by atoms with Crippen LogP contribution in [0.5, 0.6) is 0 Å². The Morgan fingerprint density at radius 3 is 2.22 bits per heavy atom. The highest BCUT2D eigenvalue weighted by Crippen LogP contribution is 2.28. The first-order valence-corrected chi connectivity index (χ1v) is 11.4. The number of methoxy groups -OCH3 is 2. The molecule has 1 fully saturated rings. The van der Waals surface area contributed by atoms with E-state index in [9.17, 15) is 22.8 Å². The molecule has 0 radical (unpaired) electrons. The Kier molecular flexibility index (Phi) is 6.83. The van der Waals surface area contributed by atoms with Gasteiger partial charge in [-0.25, -0.2) is 18.0 Å². The Morgan fingerprint density at radius 1 is 0.938 bits per heavy atom. The van der Waals surface area contributed by atoms with Crippen molar-refractivity contribution in [1.82, 2.24) is 4.90 Å². The van der Waals surface area contributed by atoms with Crippen LogP contribution in [-0.4, -0.2) is 58.5 Å². The van der Waals surface area contributed by atoms with Crippen LogP contribution < -0.4 is 4.72 Å². The summed E-state index contributed by atoms with van der Waals surface area (Å²) in [6, 6.07) is 8.39. The number of carbonyl (C=O) groups excluding carboxylic acids is 3. The highest BCUT2D eigenvalue weighted by atomic mass is 32.2. The minimum Gasteiger partial charge on any atom is -0.465 e. The van der Waals surface area contributed by atoms with Gasteiger partial charge in [-0.15, -0.1) is 0 Å². The summed E-state index contributed by atoms with van der Waals surface area (Å²) < 4.78 is 38.5. The van der Waals surface area contributed by atoms with E-state index in [1.165, 1.54) is 12.1 Å². The molecule has 32 heavy (non-hydrogen) atoms. The summed E-state index contributed by atoms with van der Waals surface area (Å²) in [5, 5.41) is 0. The van der Waals surface area contributed by atoms with Crippen LogP contribution in [-0.2, 0) is 19.5 Å². The zero-order chi connectivity index (χ0) is 23.5. The number of nitrogens with one attached hydrogen (secondary N) is 1. The molecule has 1 aliphatic rings. The smallest absolute Gasteiger partial charge is 0.339 e. The number of carbonyl (C=O) groups is 3. The van der Waals surface area contributed by atoms with Gasteiger partial charge in [0.15, 0.2) is 0 Å². The minimum atomic E-state index is -4.39. The van der Waals surface area contributed by atoms with E-state index >= 15 is 0 Å². The minimum absolute atomic E-state index is 0.0568. The van der Waals surface area contributed by atoms with Crippen LogP contribution in [0.3, 0.4) is 0 Å². The molecule has 1 N–H and O–H groups in total. The van der Waals surface area contributed by atoms with Crippen molar-refractivity contribution >= 4 is 33.6 Å². The topological polar surface area (TPSA) is 119 Å². The van der Waals surface area contributed by atoms with Crippen molar-refractivity contribution in [3.05, 3.63) is 58.7 Å². The summed E-state index contributed by atoms with van der Waals surface area (Å²) in [6.07, 6.45) is 1.78. The van der Waals surface area contributed by atoms with Crippen LogP contribution in [0, 0.1) is 6.92 Å². The highest BCUT2D eigenvalue weighted by molar-refractivity contribution is 7.92. The predicted octanol–water partition coefficient (Wildman–Crippen LogP) is 2.61. The highest BCUT2D eigenvalue weighted by Gasteiger charge is 2.29. The third-order valence-electron chi connectivity index (χ3n) is 5.23. The molecule has 0 atom stereocenters. The molecular formula is C22H24N2O7S. The lowest BCUT2D eigenvalue weighted by Crippen LogP contribution is -2.29. The number of nitrogens with zero attached hydrogens (tertiary/aromatic N) is 1. The van der Waals surface area contributed by atoms with Crippen molar-refractivity contribution in [2.24, 2.45) is 0 Å². The zero-order valence-electron chi connectivity index (χ0n) is 18.0. The number of sulfonamides is 1. The van der Waals surface area contributed by atoms with E-state index in [4.69, 9.17) is 4.74 Å². The standard InChI is InChI=1S/C22H24N2O7S/c1-14-7-6-8-17(20(25)24-11-4-5-12-24)19(14)23-32(28,29)18-13-15(21(26)30-2)9-10-16(18)22(27)31-3/h6-10,13,23H,4-5,11-12H2,1-3H3. The molecule has 10 heteroatoms. The molecule has 0 bridgehead atoms. The van der Waals surface area contributed by atoms with Crippen LogP contribution in [0.1, 0.15) is 49.5 Å². The van der Waals surface area contributed by atoms with Gasteiger partial charge in [0.2, 0.25) is 0 Å². The van der Waals surface area contributed by atoms with Crippen molar-refractivity contribution in [1.29, 1.82) is 0 Å². The maximum absolute atomic E-state index is 13.4. The normalized spacial score (nSPS) is 13.5. The Bertz CT molecular complexity index is 1170. The number of ether oxygens (including phenoxy) is 2. The van der Waals surface area contributed by atoms with Crippen LogP contribution >= 0.6 is 0 Å². The number of anilines is 1. The number of amides is 1. The van der Waals surface area contributed by atoms with Gasteiger partial charge in [-0.1, -0.05) is 12.1 Å². The number of esters is 2. The Balaban J connectivity index is 2.09. The second kappa shape index (κ2) is 9.39. The molecule has 1 saturated heterocycles. The largest absolute Gasteiger partial charge is 0.465 e. The van der Waals surface area contributed by atoms with E-state index in [0.717, 1.165) is 33.1 Å². The quantitative estimate of drug-likeness (QED) is 0.658. The van der Waals surface area contributed by atoms with Crippen LogP contribution in [0.2, 0.25) is 0 Å². The first kappa shape index (κ1) is 23.3. The van der Waals surface area contributed by atoms with Crippen molar-refractivity contribution in [2.75, 3.05) is 32.0 Å². The average Bonchev–Trinajstić information content (AvgIpc) is 3.33. The van der Waals surface area contributed by atoms with Crippen molar-refractivity contribution in [2.45, 2.75) is 24.7 Å². The lowest BCUT2D eigenvalue weighted by atomic mass is 10.1. The summed E-state index contributed by atoms with van der Waals surface area (Å²) in [6.45, 7) is 2.88. The number of aryl methyl sites for hydroxylation is 1. The van der Waals surface area contributed by atoms with Gasteiger partial charge in [0.25, 0.3) is 15.9 Å². The van der Waals surface area contributed by atoms with Gasteiger partial charge in [-0.3, -0.25) is 9.52 Å². The summed E-state index contributed by atoms with van der Waals surface area (Å²) in [4.78, 5) is 38.4. The fraction of sp³-hybridized carbons (Fsp3) is 0.318. The summed E-state index contributed by atoms with van der Waals surface area (Å²) in [5.41, 5.74) is 0.539. The molecule has 3 rings (SSSR count). The van der Waals surface area contributed by atoms with Crippen LogP contribution in [0.25, 0.3) is 0 Å². The van der Waals surface area contributed by atoms with Gasteiger partial charge in [-0.2, -0.15) is 0 Å². The summed E-state index contributed by atoms with van der Waals surface area (Å²) in [5.74, 6) is -1.93. The van der Waals surface area contributed by atoms with E-state index in [-0.39, 0.29) is 28.3 Å². The first-order chi connectivity index (χ1) is 15.2. The fourth-order valence-corrected chi connectivity index (χ4v) is 4.90. The SMILES string of the molecule is COC(=O)c1ccc(C(=O)OC)c(S(=O)(=O)Nc2c(C)cccc2C(=O)N2CCCC2)c1. The fourth-order valence-electron chi connectivity index (χ4n) is 3.53. The molecule has 2 aromatic rings. The molecule has 0 aromatic heterocycles. The van der Waals surface area contributed by atoms with Gasteiger partial charge in [0, 0.05) is 13.1 Å². The van der Waals surface area contributed by atoms with Crippen LogP contribution in [0.4, 0.5) is 5.69 Å². The van der Waals surface area contributed by atoms with E-state index in [0.29, 0.717) is 18.7 Å². The van der Waals surface area contributed by atoms with Gasteiger partial charge in [0.05, 0.1) is 36.6 Å². The maximum Gasteiger partial charge on any atom is 0.339 e. The molecule has 2 aromatic carbocycles. The van der Waals surface area contributed by atoms with E-state index in [1.54, 1.807) is 30.0 Å². The molecule has 0 saturated carbocycles. The molecule has 0 unspecified atom stereocenters. The molecular weight excluding hydrogens is 436 g/mol. The molecule has 1 heterocycles. The Hall–Kier alpha value is -3.40. The van der Waals surface area contributed by atoms with Gasteiger partial charge in [-0.05, 0) is 49.6 Å². The third-order valence-corrected chi connectivity index (χ3v) is 6.62. The Morgan fingerprint density at radius 2 is 1.59 bits per heavy atom. The Labute approximate surface area is 186 Å². The molecule has 1 amide bonds. The number of likely N-dealkylation sites (tertiary alicyclic amines) is 1. The second-order valence-corrected chi connectivity index (χ2v) is 8.95. The van der Waals surface area contributed by atoms with Gasteiger partial charge >= 0.3 is 11.9 Å². The van der Waals surface area contributed by atoms with Gasteiger partial charge in [0.1, 0.15) is 4.90 Å². The van der Waals surface area contributed by atoms with Crippen molar-refractivity contribution in [3.8, 4) is 0 Å². The third kappa shape index (κ3) is 4.59. The molecule has 0 aliphatic carbocycles. The van der Waals surface area contributed by atoms with E-state index in [2.05, 4.69) is 9.46 Å².